The number of nitrogens with one attached hydrogen (secondary N) is 1. The van der Waals surface area contributed by atoms with Crippen LogP contribution in [0.4, 0.5) is 0 Å². The molecule has 9 aromatic rings. The molecule has 0 spiro atoms. The molecule has 7 aromatic carbocycles. The first-order valence-corrected chi connectivity index (χ1v) is 17.3. The Kier molecular flexibility index (Phi) is 6.85. The molecule has 1 unspecified atom stereocenters. The quantitative estimate of drug-likeness (QED) is 0.188. The molecule has 2 aromatic heterocycles. The maximum absolute atomic E-state index is 6.62. The molecule has 4 nitrogen and oxygen atoms in total. The Hall–Kier alpha value is -6.78. The van der Waals surface area contributed by atoms with Gasteiger partial charge in [0.2, 0.25) is 0 Å². The molecule has 3 heterocycles. The molecular weight excluding hydrogens is 623 g/mol. The van der Waals surface area contributed by atoms with Crippen LogP contribution in [0.15, 0.2) is 185 Å². The van der Waals surface area contributed by atoms with Gasteiger partial charge < -0.3 is 9.73 Å². The molecule has 51 heavy (non-hydrogen) atoms. The second-order valence-corrected chi connectivity index (χ2v) is 13.0. The van der Waals surface area contributed by atoms with E-state index in [4.69, 9.17) is 14.4 Å². The van der Waals surface area contributed by atoms with Gasteiger partial charge in [-0.05, 0) is 62.9 Å². The minimum Gasteiger partial charge on any atom is -0.454 e. The largest absolute Gasteiger partial charge is 0.454 e. The van der Waals surface area contributed by atoms with Crippen molar-refractivity contribution in [3.63, 3.8) is 0 Å². The Labute approximate surface area is 295 Å². The molecule has 4 heteroatoms. The van der Waals surface area contributed by atoms with Crippen LogP contribution in [0.1, 0.15) is 22.9 Å². The van der Waals surface area contributed by atoms with Gasteiger partial charge in [-0.2, -0.15) is 0 Å². The first-order valence-electron chi connectivity index (χ1n) is 17.3. The van der Waals surface area contributed by atoms with E-state index in [9.17, 15) is 0 Å². The Morgan fingerprint density at radius 2 is 1.20 bits per heavy atom. The van der Waals surface area contributed by atoms with Crippen LogP contribution in [0.2, 0.25) is 0 Å². The van der Waals surface area contributed by atoms with E-state index >= 15 is 0 Å². The number of furan rings is 1. The summed E-state index contributed by atoms with van der Waals surface area (Å²) in [4.78, 5) is 10.4. The molecule has 0 radical (unpaired) electrons. The second-order valence-electron chi connectivity index (χ2n) is 13.0. The topological polar surface area (TPSA) is 50.4 Å². The van der Waals surface area contributed by atoms with Crippen molar-refractivity contribution in [1.82, 2.24) is 10.3 Å². The molecule has 0 amide bonds. The summed E-state index contributed by atoms with van der Waals surface area (Å²) in [5, 5.41) is 9.35. The Morgan fingerprint density at radius 3 is 2.04 bits per heavy atom. The summed E-state index contributed by atoms with van der Waals surface area (Å²) in [6, 6.07) is 59.3. The Balaban J connectivity index is 1.06. The van der Waals surface area contributed by atoms with Crippen molar-refractivity contribution >= 4 is 55.0 Å². The molecule has 10 rings (SSSR count). The standard InChI is InChI=1S/C47H31N3O/c1-3-13-32(14-4-1)40-29-41(50-47(49-40)34-15-5-2-6-16-34)33-24-22-30(23-25-33)35-17-11-18-36(28-35)45-46-44(38-20-9-10-21-42(38)51-46)43-37-19-8-7-12-31(37)26-27-39(43)48-45/h1-29,47,49H. The molecule has 0 aliphatic carbocycles. The van der Waals surface area contributed by atoms with Crippen molar-refractivity contribution in [2.75, 3.05) is 0 Å². The lowest BCUT2D eigenvalue weighted by Gasteiger charge is -2.25. The van der Waals surface area contributed by atoms with Gasteiger partial charge in [0.15, 0.2) is 5.58 Å². The molecule has 1 atom stereocenters. The van der Waals surface area contributed by atoms with Crippen LogP contribution in [0.25, 0.3) is 71.7 Å². The van der Waals surface area contributed by atoms with Crippen LogP contribution in [-0.2, 0) is 0 Å². The monoisotopic (exact) mass is 653 g/mol. The highest BCUT2D eigenvalue weighted by molar-refractivity contribution is 6.27. The van der Waals surface area contributed by atoms with Crippen LogP contribution < -0.4 is 5.32 Å². The summed E-state index contributed by atoms with van der Waals surface area (Å²) < 4.78 is 6.62. The van der Waals surface area contributed by atoms with E-state index < -0.39 is 0 Å². The van der Waals surface area contributed by atoms with E-state index in [0.29, 0.717) is 0 Å². The van der Waals surface area contributed by atoms with Crippen LogP contribution in [0, 0.1) is 0 Å². The van der Waals surface area contributed by atoms with Gasteiger partial charge in [-0.1, -0.05) is 152 Å². The van der Waals surface area contributed by atoms with Crippen LogP contribution in [0.3, 0.4) is 0 Å². The third kappa shape index (κ3) is 5.08. The fraction of sp³-hybridized carbons (Fsp3) is 0.0213. The van der Waals surface area contributed by atoms with E-state index in [1.54, 1.807) is 0 Å². The SMILES string of the molecule is C1=C(c2ccccc2)NC(c2ccccc2)N=C1c1ccc(-c2cccc(-c3nc4ccc5ccccc5c4c4c3oc3ccccc34)c2)cc1. The van der Waals surface area contributed by atoms with Crippen molar-refractivity contribution in [2.24, 2.45) is 4.99 Å². The first kappa shape index (κ1) is 29.2. The average Bonchev–Trinajstić information content (AvgIpc) is 3.61. The average molecular weight is 654 g/mol. The zero-order valence-electron chi connectivity index (χ0n) is 27.6. The normalized spacial score (nSPS) is 14.5. The van der Waals surface area contributed by atoms with E-state index in [1.807, 2.05) is 24.3 Å². The van der Waals surface area contributed by atoms with Gasteiger partial charge in [-0.15, -0.1) is 0 Å². The number of fused-ring (bicyclic) bond motifs is 7. The van der Waals surface area contributed by atoms with E-state index in [1.165, 1.54) is 10.8 Å². The predicted octanol–water partition coefficient (Wildman–Crippen LogP) is 11.8. The highest BCUT2D eigenvalue weighted by atomic mass is 16.3. The van der Waals surface area contributed by atoms with Gasteiger partial charge in [0, 0.05) is 27.4 Å². The number of rotatable bonds is 5. The van der Waals surface area contributed by atoms with Crippen LogP contribution >= 0.6 is 0 Å². The highest BCUT2D eigenvalue weighted by Gasteiger charge is 2.21. The van der Waals surface area contributed by atoms with E-state index in [-0.39, 0.29) is 6.17 Å². The maximum Gasteiger partial charge on any atom is 0.162 e. The van der Waals surface area contributed by atoms with Crippen LogP contribution in [0.5, 0.6) is 0 Å². The molecule has 1 aliphatic rings. The number of aromatic nitrogens is 1. The number of para-hydroxylation sites is 1. The number of pyridine rings is 1. The molecule has 1 aliphatic heterocycles. The lowest BCUT2D eigenvalue weighted by atomic mass is 9.96. The molecular formula is C47H31N3O. The lowest BCUT2D eigenvalue weighted by molar-refractivity contribution is 0.664. The summed E-state index contributed by atoms with van der Waals surface area (Å²) in [5.74, 6) is 0. The fourth-order valence-electron chi connectivity index (χ4n) is 7.39. The Bertz CT molecular complexity index is 2820. The highest BCUT2D eigenvalue weighted by Crippen LogP contribution is 2.42. The number of aliphatic imine (C=N–C) groups is 1. The van der Waals surface area contributed by atoms with Gasteiger partial charge >= 0.3 is 0 Å². The minimum absolute atomic E-state index is 0.180. The molecule has 0 fully saturated rings. The first-order chi connectivity index (χ1) is 25.3. The molecule has 240 valence electrons. The number of nitrogens with zero attached hydrogens (tertiary/aromatic N) is 2. The van der Waals surface area contributed by atoms with Gasteiger partial charge in [-0.3, -0.25) is 4.99 Å². The number of hydrogen-bond donors (Lipinski definition) is 1. The van der Waals surface area contributed by atoms with Crippen molar-refractivity contribution < 1.29 is 4.42 Å². The lowest BCUT2D eigenvalue weighted by Crippen LogP contribution is -2.24. The summed E-state index contributed by atoms with van der Waals surface area (Å²) in [5.41, 5.74) is 12.0. The van der Waals surface area contributed by atoms with Gasteiger partial charge in [0.25, 0.3) is 0 Å². The summed E-state index contributed by atoms with van der Waals surface area (Å²) in [6.45, 7) is 0. The van der Waals surface area contributed by atoms with Crippen molar-refractivity contribution in [3.8, 4) is 22.4 Å². The molecule has 0 saturated carbocycles. The van der Waals surface area contributed by atoms with Crippen molar-refractivity contribution in [2.45, 2.75) is 6.17 Å². The Morgan fingerprint density at radius 1 is 0.510 bits per heavy atom. The molecule has 0 bridgehead atoms. The van der Waals surface area contributed by atoms with Gasteiger partial charge in [-0.25, -0.2) is 4.98 Å². The van der Waals surface area contributed by atoms with E-state index in [2.05, 4.69) is 157 Å². The summed E-state index contributed by atoms with van der Waals surface area (Å²) in [7, 11) is 0. The number of hydrogen-bond acceptors (Lipinski definition) is 4. The number of benzene rings is 7. The minimum atomic E-state index is -0.180. The maximum atomic E-state index is 6.62. The van der Waals surface area contributed by atoms with Crippen LogP contribution in [-0.4, -0.2) is 10.7 Å². The van der Waals surface area contributed by atoms with Crippen molar-refractivity contribution in [3.05, 3.63) is 193 Å². The predicted molar refractivity (Wildman–Crippen MR) is 211 cm³/mol. The zero-order chi connectivity index (χ0) is 33.7. The third-order valence-electron chi connectivity index (χ3n) is 9.89. The van der Waals surface area contributed by atoms with Gasteiger partial charge in [0.05, 0.1) is 11.2 Å². The fourth-order valence-corrected chi connectivity index (χ4v) is 7.39. The smallest absolute Gasteiger partial charge is 0.162 e. The van der Waals surface area contributed by atoms with Crippen molar-refractivity contribution in [1.29, 1.82) is 0 Å². The number of allylic oxidation sites excluding steroid dienone is 1. The van der Waals surface area contributed by atoms with E-state index in [0.717, 1.165) is 83.3 Å². The second kappa shape index (κ2) is 12.0. The van der Waals surface area contributed by atoms with Gasteiger partial charge in [0.1, 0.15) is 17.4 Å². The summed E-state index contributed by atoms with van der Waals surface area (Å²) >= 11 is 0. The summed E-state index contributed by atoms with van der Waals surface area (Å²) in [6.07, 6.45) is 1.97. The molecule has 0 saturated heterocycles. The zero-order valence-corrected chi connectivity index (χ0v) is 27.6. The third-order valence-corrected chi connectivity index (χ3v) is 9.89. The molecule has 1 N–H and O–H groups in total.